The van der Waals surface area contributed by atoms with Crippen molar-refractivity contribution in [3.8, 4) is 11.5 Å². The smallest absolute Gasteiger partial charge is 0.407 e. The van der Waals surface area contributed by atoms with Crippen molar-refractivity contribution >= 4 is 42.9 Å². The number of hydrogen-bond donors (Lipinski definition) is 2. The summed E-state index contributed by atoms with van der Waals surface area (Å²) >= 11 is 6.11. The van der Waals surface area contributed by atoms with E-state index < -0.39 is 49.7 Å². The van der Waals surface area contributed by atoms with Crippen LogP contribution in [0.1, 0.15) is 84.7 Å². The zero-order valence-electron chi connectivity index (χ0n) is 31.8. The Labute approximate surface area is 316 Å². The summed E-state index contributed by atoms with van der Waals surface area (Å²) in [5.74, 6) is -5.17. The van der Waals surface area contributed by atoms with Crippen molar-refractivity contribution in [2.75, 3.05) is 19.8 Å². The monoisotopic (exact) mass is 775 g/mol. The van der Waals surface area contributed by atoms with Crippen LogP contribution in [0.5, 0.6) is 11.5 Å². The van der Waals surface area contributed by atoms with E-state index >= 15 is 8.78 Å². The summed E-state index contributed by atoms with van der Waals surface area (Å²) in [6, 6.07) is 10.3. The molecular weight excluding hydrogens is 724 g/mol. The van der Waals surface area contributed by atoms with E-state index in [1.165, 1.54) is 12.1 Å². The van der Waals surface area contributed by atoms with Gasteiger partial charge in [0.2, 0.25) is 0 Å². The molecule has 2 bridgehead atoms. The third-order valence-corrected chi connectivity index (χ3v) is 15.6. The number of benzene rings is 2. The topological polar surface area (TPSA) is 112 Å². The number of halogens is 3. The quantitative estimate of drug-likeness (QED) is 0.197. The number of piperidine rings is 1. The Balaban J connectivity index is 1.34. The average molecular weight is 776 g/mol. The van der Waals surface area contributed by atoms with Crippen molar-refractivity contribution < 1.29 is 41.4 Å². The maximum Gasteiger partial charge on any atom is 0.407 e. The maximum absolute atomic E-state index is 16.2. The summed E-state index contributed by atoms with van der Waals surface area (Å²) in [7, 11) is -2.59. The lowest BCUT2D eigenvalue weighted by molar-refractivity contribution is -0.151. The number of fused-ring (bicyclic) bond motifs is 4. The highest BCUT2D eigenvalue weighted by molar-refractivity contribution is 6.74. The zero-order chi connectivity index (χ0) is 38.5. The molecule has 3 aliphatic rings. The SMILES string of the molecule is CC(C)(C)OC(=O)NC1CC2CCC(C1)N2C[C@@H](NC(=O)C(F)(F)c1cc2cc(Cl)ccc2o1)[C@H](O[Si](C)(C)C(C)(C)C)c1ccc2c(c1)OCCO2. The molecule has 0 radical (unpaired) electrons. The highest BCUT2D eigenvalue weighted by Crippen LogP contribution is 2.44. The van der Waals surface area contributed by atoms with Crippen LogP contribution in [0.3, 0.4) is 0 Å². The number of alkyl halides is 2. The van der Waals surface area contributed by atoms with Gasteiger partial charge in [0.05, 0.1) is 12.1 Å². The van der Waals surface area contributed by atoms with Gasteiger partial charge in [-0.15, -0.1) is 0 Å². The van der Waals surface area contributed by atoms with Crippen LogP contribution >= 0.6 is 11.6 Å². The van der Waals surface area contributed by atoms with Gasteiger partial charge in [0.25, 0.3) is 5.91 Å². The maximum atomic E-state index is 16.2. The van der Waals surface area contributed by atoms with Crippen LogP contribution in [0.25, 0.3) is 11.0 Å². The van der Waals surface area contributed by atoms with Gasteiger partial charge in [-0.3, -0.25) is 9.69 Å². The predicted octanol–water partition coefficient (Wildman–Crippen LogP) is 8.72. The van der Waals surface area contributed by atoms with Gasteiger partial charge in [0, 0.05) is 35.1 Å². The molecule has 0 spiro atoms. The van der Waals surface area contributed by atoms with Crippen LogP contribution in [-0.2, 0) is 19.9 Å². The molecule has 3 aromatic rings. The molecule has 2 amide bonds. The lowest BCUT2D eigenvalue weighted by Crippen LogP contribution is -2.58. The highest BCUT2D eigenvalue weighted by Gasteiger charge is 2.50. The van der Waals surface area contributed by atoms with Gasteiger partial charge < -0.3 is 33.7 Å². The number of hydrogen-bond acceptors (Lipinski definition) is 8. The summed E-state index contributed by atoms with van der Waals surface area (Å²) in [5, 5.41) is 6.30. The number of nitrogens with one attached hydrogen (secondary N) is 2. The summed E-state index contributed by atoms with van der Waals surface area (Å²) in [5.41, 5.74) is 0.253. The number of nitrogens with zero attached hydrogens (tertiary/aromatic N) is 1. The van der Waals surface area contributed by atoms with Crippen LogP contribution in [0, 0.1) is 0 Å². The molecule has 3 aliphatic heterocycles. The lowest BCUT2D eigenvalue weighted by atomic mass is 9.94. The molecule has 0 aliphatic carbocycles. The summed E-state index contributed by atoms with van der Waals surface area (Å²) < 4.78 is 62.3. The first-order chi connectivity index (χ1) is 24.7. The highest BCUT2D eigenvalue weighted by atomic mass is 35.5. The second-order valence-corrected chi connectivity index (χ2v) is 22.2. The number of carbonyl (C=O) groups is 2. The summed E-state index contributed by atoms with van der Waals surface area (Å²) in [4.78, 5) is 28.9. The van der Waals surface area contributed by atoms with Crippen molar-refractivity contribution in [2.24, 2.45) is 0 Å². The standard InChI is InChI=1S/C39H52ClF2N3O7Si/c1-37(2,3)51-36(47)43-26-20-27-11-12-28(21-26)45(27)22-29(44-35(46)39(41,42)33-19-24-17-25(40)10-14-30(24)50-33)34(52-53(7,8)38(4,5)6)23-9-13-31-32(18-23)49-16-15-48-31/h9-10,13-14,17-19,26-29,34H,11-12,15-16,20-22H2,1-8H3,(H,43,47)(H,44,46)/t26?,27?,28?,29-,34-/m1/s1. The van der Waals surface area contributed by atoms with Crippen molar-refractivity contribution in [3.05, 3.63) is 58.8 Å². The van der Waals surface area contributed by atoms with Gasteiger partial charge in [0.1, 0.15) is 24.4 Å². The van der Waals surface area contributed by atoms with Gasteiger partial charge in [-0.25, -0.2) is 4.79 Å². The van der Waals surface area contributed by atoms with Crippen LogP contribution in [0.15, 0.2) is 46.9 Å². The second-order valence-electron chi connectivity index (χ2n) is 17.0. The van der Waals surface area contributed by atoms with Gasteiger partial charge in [-0.05, 0) is 107 Å². The fourth-order valence-electron chi connectivity index (χ4n) is 7.26. The van der Waals surface area contributed by atoms with E-state index in [4.69, 9.17) is 34.7 Å². The molecule has 2 saturated heterocycles. The fourth-order valence-corrected chi connectivity index (χ4v) is 8.73. The van der Waals surface area contributed by atoms with Gasteiger partial charge in [0.15, 0.2) is 25.6 Å². The molecule has 2 unspecified atom stereocenters. The van der Waals surface area contributed by atoms with Crippen molar-refractivity contribution in [1.29, 1.82) is 0 Å². The fraction of sp³-hybridized carbons (Fsp3) is 0.590. The van der Waals surface area contributed by atoms with Crippen molar-refractivity contribution in [3.63, 3.8) is 0 Å². The van der Waals surface area contributed by atoms with Crippen molar-refractivity contribution in [1.82, 2.24) is 15.5 Å². The first kappa shape index (κ1) is 39.3. The number of ether oxygens (including phenoxy) is 3. The Morgan fingerprint density at radius 1 is 0.962 bits per heavy atom. The minimum Gasteiger partial charge on any atom is -0.486 e. The van der Waals surface area contributed by atoms with Crippen molar-refractivity contribution in [2.45, 2.75) is 127 Å². The number of alkyl carbamates (subject to hydrolysis) is 1. The normalized spacial score (nSPS) is 22.0. The predicted molar refractivity (Wildman–Crippen MR) is 201 cm³/mol. The molecule has 10 nitrogen and oxygen atoms in total. The molecule has 14 heteroatoms. The molecule has 2 aromatic carbocycles. The Bertz CT molecular complexity index is 1810. The van der Waals surface area contributed by atoms with Crippen LogP contribution in [0.4, 0.5) is 13.6 Å². The molecule has 0 saturated carbocycles. The van der Waals surface area contributed by atoms with Crippen LogP contribution < -0.4 is 20.1 Å². The first-order valence-corrected chi connectivity index (χ1v) is 21.7. The van der Waals surface area contributed by atoms with E-state index in [0.717, 1.165) is 18.9 Å². The molecule has 4 atom stereocenters. The molecular formula is C39H52ClF2N3O7Si. The van der Waals surface area contributed by atoms with Gasteiger partial charge in [-0.2, -0.15) is 8.78 Å². The van der Waals surface area contributed by atoms with Crippen LogP contribution in [-0.4, -0.2) is 74.7 Å². The first-order valence-electron chi connectivity index (χ1n) is 18.4. The van der Waals surface area contributed by atoms with E-state index in [9.17, 15) is 9.59 Å². The Morgan fingerprint density at radius 2 is 1.62 bits per heavy atom. The molecule has 290 valence electrons. The number of rotatable bonds is 10. The molecule has 2 N–H and O–H groups in total. The Hall–Kier alpha value is -3.39. The van der Waals surface area contributed by atoms with Gasteiger partial charge in [-0.1, -0.05) is 38.4 Å². The lowest BCUT2D eigenvalue weighted by Gasteiger charge is -2.45. The van der Waals surface area contributed by atoms with E-state index in [2.05, 4.69) is 49.4 Å². The average Bonchev–Trinajstić information content (AvgIpc) is 3.58. The van der Waals surface area contributed by atoms with E-state index in [-0.39, 0.29) is 35.3 Å². The molecule has 53 heavy (non-hydrogen) atoms. The molecule has 4 heterocycles. The zero-order valence-corrected chi connectivity index (χ0v) is 33.6. The Morgan fingerprint density at radius 3 is 2.26 bits per heavy atom. The second kappa shape index (κ2) is 14.7. The summed E-state index contributed by atoms with van der Waals surface area (Å²) in [6.45, 7) is 17.0. The molecule has 6 rings (SSSR count). The summed E-state index contributed by atoms with van der Waals surface area (Å²) in [6.07, 6.45) is 1.77. The van der Waals surface area contributed by atoms with E-state index in [1.54, 1.807) is 12.1 Å². The number of carbonyl (C=O) groups excluding carboxylic acids is 2. The third-order valence-electron chi connectivity index (χ3n) is 10.9. The third kappa shape index (κ3) is 8.79. The molecule has 2 fully saturated rings. The minimum atomic E-state index is -4.01. The van der Waals surface area contributed by atoms with Crippen LogP contribution in [0.2, 0.25) is 23.2 Å². The van der Waals surface area contributed by atoms with E-state index in [1.807, 2.05) is 32.9 Å². The minimum absolute atomic E-state index is 0.0440. The Kier molecular flexibility index (Phi) is 10.9. The van der Waals surface area contributed by atoms with E-state index in [0.29, 0.717) is 53.5 Å². The number of amides is 2. The molecule has 1 aromatic heterocycles. The van der Waals surface area contributed by atoms with Gasteiger partial charge >= 0.3 is 12.0 Å². The number of furan rings is 1. The largest absolute Gasteiger partial charge is 0.486 e.